The summed E-state index contributed by atoms with van der Waals surface area (Å²) in [5.41, 5.74) is 6.31. The number of carbonyl (C=O) groups excluding carboxylic acids is 2. The van der Waals surface area contributed by atoms with Crippen LogP contribution in [0.15, 0.2) is 30.9 Å². The molecule has 0 saturated heterocycles. The van der Waals surface area contributed by atoms with Gasteiger partial charge in [0.2, 0.25) is 6.33 Å². The molecule has 0 aliphatic rings. The molecular weight excluding hydrogens is 540 g/mol. The molecule has 18 heteroatoms. The fourth-order valence-corrected chi connectivity index (χ4v) is 4.94. The van der Waals surface area contributed by atoms with Crippen molar-refractivity contribution in [2.75, 3.05) is 5.32 Å². The molecule has 0 saturated carbocycles. The van der Waals surface area contributed by atoms with E-state index >= 15 is 0 Å². The van der Waals surface area contributed by atoms with E-state index in [0.717, 1.165) is 22.3 Å². The number of pyridine rings is 1. The maximum atomic E-state index is 13.7. The van der Waals surface area contributed by atoms with Gasteiger partial charge in [-0.1, -0.05) is 4.98 Å². The predicted molar refractivity (Wildman–Crippen MR) is 132 cm³/mol. The van der Waals surface area contributed by atoms with Crippen LogP contribution in [0.2, 0.25) is 0 Å². The van der Waals surface area contributed by atoms with Crippen molar-refractivity contribution in [2.45, 2.75) is 20.0 Å². The molecule has 2 amide bonds. The van der Waals surface area contributed by atoms with Gasteiger partial charge in [0.25, 0.3) is 18.2 Å². The molecule has 15 nitrogen and oxygen atoms in total. The van der Waals surface area contributed by atoms with Crippen molar-refractivity contribution in [3.05, 3.63) is 62.9 Å². The number of nitrogens with one attached hydrogen (secondary N) is 1. The van der Waals surface area contributed by atoms with Crippen LogP contribution in [-0.4, -0.2) is 56.0 Å². The van der Waals surface area contributed by atoms with Crippen molar-refractivity contribution >= 4 is 45.0 Å². The Labute approximate surface area is 220 Å². The number of hydrogen-bond acceptors (Lipinski definition) is 10. The van der Waals surface area contributed by atoms with E-state index in [0.29, 0.717) is 16.8 Å². The van der Waals surface area contributed by atoms with Crippen LogP contribution in [0.5, 0.6) is 0 Å². The number of fused-ring (bicyclic) bond motifs is 1. The normalized spacial score (nSPS) is 11.4. The summed E-state index contributed by atoms with van der Waals surface area (Å²) in [4.78, 5) is 43.1. The van der Waals surface area contributed by atoms with Gasteiger partial charge in [0, 0.05) is 35.5 Å². The lowest BCUT2D eigenvalue weighted by molar-refractivity contribution is -0.394. The number of nitro groups is 1. The van der Waals surface area contributed by atoms with Gasteiger partial charge in [-0.3, -0.25) is 14.3 Å². The van der Waals surface area contributed by atoms with Crippen LogP contribution in [0.25, 0.3) is 21.3 Å². The van der Waals surface area contributed by atoms with Crippen LogP contribution in [-0.2, 0) is 13.7 Å². The fraction of sp³-hybridized carbons (Fsp3) is 0.190. The summed E-state index contributed by atoms with van der Waals surface area (Å²) in [7, 11) is 1.67. The van der Waals surface area contributed by atoms with E-state index in [1.807, 2.05) is 0 Å². The number of alkyl halides is 2. The second-order valence-corrected chi connectivity index (χ2v) is 9.22. The van der Waals surface area contributed by atoms with Gasteiger partial charge in [0.15, 0.2) is 12.4 Å². The fourth-order valence-electron chi connectivity index (χ4n) is 3.92. The average Bonchev–Trinajstić information content (AvgIpc) is 3.65. The van der Waals surface area contributed by atoms with Crippen LogP contribution >= 0.6 is 11.3 Å². The summed E-state index contributed by atoms with van der Waals surface area (Å²) in [6.45, 7) is 1.62. The first-order valence-corrected chi connectivity index (χ1v) is 11.8. The first-order valence-electron chi connectivity index (χ1n) is 11.0. The highest BCUT2D eigenvalue weighted by molar-refractivity contribution is 7.21. The molecule has 0 unspecified atom stereocenters. The van der Waals surface area contributed by atoms with Gasteiger partial charge in [0.1, 0.15) is 15.4 Å². The molecule has 0 atom stereocenters. The Morgan fingerprint density at radius 1 is 1.23 bits per heavy atom. The number of thiophene rings is 1. The van der Waals surface area contributed by atoms with E-state index in [9.17, 15) is 28.5 Å². The van der Waals surface area contributed by atoms with E-state index in [2.05, 4.69) is 30.6 Å². The third-order valence-corrected chi connectivity index (χ3v) is 6.62. The van der Waals surface area contributed by atoms with Crippen LogP contribution < -0.4 is 11.1 Å². The largest absolute Gasteiger partial charge is 0.491 e. The second-order valence-electron chi connectivity index (χ2n) is 8.22. The van der Waals surface area contributed by atoms with Gasteiger partial charge in [-0.15, -0.1) is 11.3 Å². The van der Waals surface area contributed by atoms with Crippen LogP contribution in [0, 0.1) is 17.0 Å². The quantitative estimate of drug-likeness (QED) is 0.213. The molecule has 3 N–H and O–H groups in total. The third-order valence-electron chi connectivity index (χ3n) is 5.52. The summed E-state index contributed by atoms with van der Waals surface area (Å²) in [6.07, 6.45) is 1.31. The molecule has 0 aliphatic carbocycles. The zero-order chi connectivity index (χ0) is 28.0. The number of halogens is 2. The lowest BCUT2D eigenvalue weighted by atomic mass is 10.0. The number of rotatable bonds is 8. The highest BCUT2D eigenvalue weighted by Gasteiger charge is 2.27. The zero-order valence-corrected chi connectivity index (χ0v) is 20.9. The molecule has 0 spiro atoms. The number of primary amides is 1. The van der Waals surface area contributed by atoms with E-state index in [-0.39, 0.29) is 33.1 Å². The first-order chi connectivity index (χ1) is 18.5. The number of amides is 2. The SMILES string of the molecule is Cc1nn(C)cc1-c1cc(C(F)F)nc2sc(C(N)=O)c(NC(=O)c3ccn(Cn4cnc([N+](=O)[O-])n4)n3)c12. The van der Waals surface area contributed by atoms with Crippen molar-refractivity contribution < 1.29 is 23.3 Å². The summed E-state index contributed by atoms with van der Waals surface area (Å²) in [5.74, 6) is -2.21. The molecule has 5 rings (SSSR count). The number of anilines is 1. The van der Waals surface area contributed by atoms with Gasteiger partial charge in [-0.25, -0.2) is 18.4 Å². The molecule has 39 heavy (non-hydrogen) atoms. The van der Waals surface area contributed by atoms with Crippen molar-refractivity contribution in [1.82, 2.24) is 39.3 Å². The predicted octanol–water partition coefficient (Wildman–Crippen LogP) is 2.50. The molecule has 5 heterocycles. The van der Waals surface area contributed by atoms with E-state index < -0.39 is 34.8 Å². The van der Waals surface area contributed by atoms with Crippen molar-refractivity contribution in [3.63, 3.8) is 0 Å². The monoisotopic (exact) mass is 557 g/mol. The van der Waals surface area contributed by atoms with Crippen molar-refractivity contribution in [3.8, 4) is 11.1 Å². The Bertz CT molecular complexity index is 1770. The topological polar surface area (TPSA) is 195 Å². The Morgan fingerprint density at radius 2 is 2.00 bits per heavy atom. The van der Waals surface area contributed by atoms with Gasteiger partial charge >= 0.3 is 5.95 Å². The van der Waals surface area contributed by atoms with Crippen LogP contribution in [0.1, 0.15) is 38.0 Å². The van der Waals surface area contributed by atoms with Gasteiger partial charge in [-0.2, -0.15) is 14.9 Å². The Morgan fingerprint density at radius 3 is 2.62 bits per heavy atom. The number of aryl methyl sites for hydroxylation is 2. The molecule has 200 valence electrons. The van der Waals surface area contributed by atoms with Gasteiger partial charge in [-0.05, 0) is 29.5 Å². The Kier molecular flexibility index (Phi) is 6.30. The van der Waals surface area contributed by atoms with E-state index in [1.165, 1.54) is 27.7 Å². The Hall–Kier alpha value is -5.13. The lowest BCUT2D eigenvalue weighted by Gasteiger charge is -2.10. The summed E-state index contributed by atoms with van der Waals surface area (Å²) >= 11 is 0.774. The molecule has 0 bridgehead atoms. The number of nitrogens with two attached hydrogens (primary N) is 1. The summed E-state index contributed by atoms with van der Waals surface area (Å²) in [5, 5.41) is 25.7. The lowest BCUT2D eigenvalue weighted by Crippen LogP contribution is -2.18. The minimum Gasteiger partial charge on any atom is -0.390 e. The number of carbonyl (C=O) groups is 2. The van der Waals surface area contributed by atoms with Gasteiger partial charge < -0.3 is 21.2 Å². The van der Waals surface area contributed by atoms with Crippen LogP contribution in [0.3, 0.4) is 0 Å². The minimum atomic E-state index is -2.89. The third kappa shape index (κ3) is 4.79. The smallest absolute Gasteiger partial charge is 0.390 e. The van der Waals surface area contributed by atoms with Gasteiger partial charge in [0.05, 0.1) is 11.4 Å². The average molecular weight is 558 g/mol. The standard InChI is InChI=1S/C21H17F2N11O4S/c1-9-11(6-31(2)28-9)10-5-13(17(22)23)26-20-14(10)15(16(39-20)18(24)35)27-19(36)12-3-4-32(29-12)8-33-7-25-21(30-33)34(37)38/h3-7,17H,8H2,1-2H3,(H2,24,35)(H,27,36). The maximum absolute atomic E-state index is 13.7. The highest BCUT2D eigenvalue weighted by atomic mass is 32.1. The second kappa shape index (κ2) is 9.63. The molecule has 0 aliphatic heterocycles. The molecule has 0 aromatic carbocycles. The molecule has 0 radical (unpaired) electrons. The number of nitrogens with zero attached hydrogens (tertiary/aromatic N) is 9. The Balaban J connectivity index is 1.55. The summed E-state index contributed by atoms with van der Waals surface area (Å²) in [6, 6.07) is 2.56. The van der Waals surface area contributed by atoms with E-state index in [1.54, 1.807) is 20.2 Å². The molecule has 5 aromatic rings. The number of aromatic nitrogens is 8. The van der Waals surface area contributed by atoms with Crippen LogP contribution in [0.4, 0.5) is 20.4 Å². The highest BCUT2D eigenvalue weighted by Crippen LogP contribution is 2.43. The summed E-state index contributed by atoms with van der Waals surface area (Å²) < 4.78 is 31.3. The van der Waals surface area contributed by atoms with Crippen molar-refractivity contribution in [1.29, 1.82) is 0 Å². The minimum absolute atomic E-state index is 0.000482. The molecule has 5 aromatic heterocycles. The zero-order valence-electron chi connectivity index (χ0n) is 20.1. The van der Waals surface area contributed by atoms with Crippen molar-refractivity contribution in [2.24, 2.45) is 12.8 Å². The maximum Gasteiger partial charge on any atom is 0.491 e. The van der Waals surface area contributed by atoms with E-state index in [4.69, 9.17) is 5.73 Å². The number of hydrogen-bond donors (Lipinski definition) is 2. The molecular formula is C21H17F2N11O4S. The molecule has 0 fully saturated rings. The first kappa shape index (κ1) is 25.5.